The van der Waals surface area contributed by atoms with E-state index < -0.39 is 11.7 Å². The van der Waals surface area contributed by atoms with E-state index in [0.29, 0.717) is 42.5 Å². The van der Waals surface area contributed by atoms with Crippen molar-refractivity contribution in [2.45, 2.75) is 51.7 Å². The van der Waals surface area contributed by atoms with E-state index in [2.05, 4.69) is 36.3 Å². The summed E-state index contributed by atoms with van der Waals surface area (Å²) in [6, 6.07) is 4.15. The molecule has 0 aliphatic carbocycles. The fourth-order valence-electron chi connectivity index (χ4n) is 5.09. The Balaban J connectivity index is 1.27. The van der Waals surface area contributed by atoms with Gasteiger partial charge < -0.3 is 24.4 Å². The number of aromatic nitrogens is 4. The summed E-state index contributed by atoms with van der Waals surface area (Å²) in [4.78, 5) is 26.1. The van der Waals surface area contributed by atoms with Crippen LogP contribution in [0.25, 0.3) is 16.6 Å². The van der Waals surface area contributed by atoms with Crippen LogP contribution in [-0.2, 0) is 9.47 Å². The molecule has 0 bridgehead atoms. The van der Waals surface area contributed by atoms with Gasteiger partial charge in [-0.05, 0) is 46.6 Å². The van der Waals surface area contributed by atoms with Gasteiger partial charge in [-0.3, -0.25) is 4.90 Å². The molecule has 12 nitrogen and oxygen atoms in total. The zero-order valence-corrected chi connectivity index (χ0v) is 24.2. The molecular formula is C29H38N8O4. The Morgan fingerprint density at radius 3 is 2.51 bits per heavy atom. The standard InChI is InChI=1S/C29H38N8O4/c1-28(2,3)41-27(38)34-29(4)5-7-36(8-6-29)26-31-17-22(18-32-26)24-15-23(20-37-25(24)21(16-30)19-33-37)40-14-11-35-9-12-39-13-10-35/h15,17-20H,5-14H2,1-4H3,(H,34,38). The van der Waals surface area contributed by atoms with Crippen LogP contribution in [0.1, 0.15) is 46.1 Å². The van der Waals surface area contributed by atoms with Crippen LogP contribution in [0.4, 0.5) is 10.7 Å². The number of amides is 1. The molecule has 3 aromatic rings. The van der Waals surface area contributed by atoms with Gasteiger partial charge in [-0.15, -0.1) is 0 Å². The average Bonchev–Trinajstić information content (AvgIpc) is 3.36. The van der Waals surface area contributed by atoms with Crippen molar-refractivity contribution in [3.8, 4) is 22.9 Å². The molecule has 2 aliphatic rings. The number of carbonyl (C=O) groups is 1. The van der Waals surface area contributed by atoms with Gasteiger partial charge in [-0.1, -0.05) is 0 Å². The quantitative estimate of drug-likeness (QED) is 0.458. The molecule has 0 aromatic carbocycles. The number of morpholine rings is 1. The maximum absolute atomic E-state index is 12.3. The molecule has 0 atom stereocenters. The number of anilines is 1. The molecule has 3 aromatic heterocycles. The monoisotopic (exact) mass is 562 g/mol. The van der Waals surface area contributed by atoms with E-state index in [1.807, 2.05) is 33.8 Å². The second kappa shape index (κ2) is 11.9. The summed E-state index contributed by atoms with van der Waals surface area (Å²) in [5, 5.41) is 17.1. The summed E-state index contributed by atoms with van der Waals surface area (Å²) in [7, 11) is 0. The van der Waals surface area contributed by atoms with Gasteiger partial charge in [0.05, 0.1) is 36.7 Å². The molecule has 5 rings (SSSR count). The normalized spacial score (nSPS) is 17.7. The smallest absolute Gasteiger partial charge is 0.408 e. The van der Waals surface area contributed by atoms with Crippen molar-refractivity contribution in [1.82, 2.24) is 29.8 Å². The number of nitriles is 1. The number of fused-ring (bicyclic) bond motifs is 1. The first-order valence-corrected chi connectivity index (χ1v) is 14.1. The van der Waals surface area contributed by atoms with Crippen LogP contribution in [0.2, 0.25) is 0 Å². The zero-order valence-electron chi connectivity index (χ0n) is 24.2. The van der Waals surface area contributed by atoms with Crippen LogP contribution in [-0.4, -0.2) is 94.3 Å². The van der Waals surface area contributed by atoms with Crippen molar-refractivity contribution < 1.29 is 19.0 Å². The minimum atomic E-state index is -0.540. The lowest BCUT2D eigenvalue weighted by Gasteiger charge is -2.40. The number of hydrogen-bond donors (Lipinski definition) is 1. The van der Waals surface area contributed by atoms with Crippen LogP contribution in [0.15, 0.2) is 30.9 Å². The Hall–Kier alpha value is -3.95. The fourth-order valence-corrected chi connectivity index (χ4v) is 5.09. The number of nitrogens with one attached hydrogen (secondary N) is 1. The minimum absolute atomic E-state index is 0.359. The van der Waals surface area contributed by atoms with Crippen molar-refractivity contribution in [2.75, 3.05) is 57.4 Å². The molecule has 218 valence electrons. The van der Waals surface area contributed by atoms with Gasteiger partial charge in [0, 0.05) is 61.8 Å². The number of ether oxygens (including phenoxy) is 3. The van der Waals surface area contributed by atoms with Gasteiger partial charge >= 0.3 is 6.09 Å². The van der Waals surface area contributed by atoms with Crippen molar-refractivity contribution in [3.63, 3.8) is 0 Å². The third-order valence-electron chi connectivity index (χ3n) is 7.39. The predicted octanol–water partition coefficient (Wildman–Crippen LogP) is 3.26. The number of piperidine rings is 1. The summed E-state index contributed by atoms with van der Waals surface area (Å²) in [6.07, 6.45) is 7.98. The van der Waals surface area contributed by atoms with E-state index in [1.165, 1.54) is 0 Å². The molecule has 0 spiro atoms. The van der Waals surface area contributed by atoms with Crippen LogP contribution >= 0.6 is 0 Å². The van der Waals surface area contributed by atoms with E-state index >= 15 is 0 Å². The van der Waals surface area contributed by atoms with Gasteiger partial charge in [0.1, 0.15) is 24.0 Å². The minimum Gasteiger partial charge on any atom is -0.491 e. The number of carbonyl (C=O) groups excluding carboxylic acids is 1. The van der Waals surface area contributed by atoms with Crippen LogP contribution < -0.4 is 15.0 Å². The predicted molar refractivity (Wildman–Crippen MR) is 153 cm³/mol. The van der Waals surface area contributed by atoms with Crippen molar-refractivity contribution >= 4 is 17.6 Å². The Bertz CT molecular complexity index is 1400. The topological polar surface area (TPSA) is 130 Å². The highest BCUT2D eigenvalue weighted by Gasteiger charge is 2.34. The SMILES string of the molecule is CC1(NC(=O)OC(C)(C)C)CCN(c2ncc(-c3cc(OCCN4CCOCC4)cn4ncc(C#N)c34)cn2)CC1. The van der Waals surface area contributed by atoms with Crippen LogP contribution in [0, 0.1) is 11.3 Å². The fraction of sp³-hybridized carbons (Fsp3) is 0.552. The van der Waals surface area contributed by atoms with E-state index in [0.717, 1.165) is 56.8 Å². The van der Waals surface area contributed by atoms with Gasteiger partial charge in [0.2, 0.25) is 5.95 Å². The van der Waals surface area contributed by atoms with Crippen molar-refractivity contribution in [2.24, 2.45) is 0 Å². The van der Waals surface area contributed by atoms with Crippen molar-refractivity contribution in [3.05, 3.63) is 36.4 Å². The molecule has 1 N–H and O–H groups in total. The third-order valence-corrected chi connectivity index (χ3v) is 7.39. The summed E-state index contributed by atoms with van der Waals surface area (Å²) >= 11 is 0. The van der Waals surface area contributed by atoms with Crippen molar-refractivity contribution in [1.29, 1.82) is 5.26 Å². The maximum atomic E-state index is 12.3. The molecule has 2 aliphatic heterocycles. The highest BCUT2D eigenvalue weighted by Crippen LogP contribution is 2.31. The summed E-state index contributed by atoms with van der Waals surface area (Å²) in [5.74, 6) is 1.28. The van der Waals surface area contributed by atoms with Gasteiger partial charge in [-0.25, -0.2) is 19.3 Å². The molecule has 2 saturated heterocycles. The molecule has 2 fully saturated rings. The molecule has 41 heavy (non-hydrogen) atoms. The Morgan fingerprint density at radius 1 is 1.15 bits per heavy atom. The first-order chi connectivity index (χ1) is 19.6. The molecular weight excluding hydrogens is 524 g/mol. The molecule has 0 saturated carbocycles. The molecule has 0 radical (unpaired) electrons. The first-order valence-electron chi connectivity index (χ1n) is 14.1. The second-order valence-electron chi connectivity index (χ2n) is 11.8. The van der Waals surface area contributed by atoms with E-state index in [9.17, 15) is 10.1 Å². The highest BCUT2D eigenvalue weighted by molar-refractivity contribution is 5.84. The maximum Gasteiger partial charge on any atom is 0.408 e. The van der Waals surface area contributed by atoms with E-state index in [1.54, 1.807) is 29.3 Å². The molecule has 0 unspecified atom stereocenters. The molecule has 12 heteroatoms. The van der Waals surface area contributed by atoms with E-state index in [4.69, 9.17) is 14.2 Å². The lowest BCUT2D eigenvalue weighted by atomic mass is 9.90. The number of hydrogen-bond acceptors (Lipinski definition) is 10. The Morgan fingerprint density at radius 2 is 1.85 bits per heavy atom. The number of nitrogens with zero attached hydrogens (tertiary/aromatic N) is 7. The zero-order chi connectivity index (χ0) is 29.0. The summed E-state index contributed by atoms with van der Waals surface area (Å²) in [6.45, 7) is 13.6. The summed E-state index contributed by atoms with van der Waals surface area (Å²) < 4.78 is 18.6. The number of rotatable bonds is 7. The summed E-state index contributed by atoms with van der Waals surface area (Å²) in [5.41, 5.74) is 1.80. The third kappa shape index (κ3) is 7.04. The largest absolute Gasteiger partial charge is 0.491 e. The lowest BCUT2D eigenvalue weighted by molar-refractivity contribution is 0.0322. The van der Waals surface area contributed by atoms with E-state index in [-0.39, 0.29) is 5.54 Å². The Labute approximate surface area is 240 Å². The van der Waals surface area contributed by atoms with Gasteiger partial charge in [0.15, 0.2) is 0 Å². The van der Waals surface area contributed by atoms with Gasteiger partial charge in [-0.2, -0.15) is 10.4 Å². The molecule has 1 amide bonds. The van der Waals surface area contributed by atoms with Crippen LogP contribution in [0.3, 0.4) is 0 Å². The lowest BCUT2D eigenvalue weighted by Crippen LogP contribution is -2.54. The molecule has 5 heterocycles. The Kier molecular flexibility index (Phi) is 8.28. The van der Waals surface area contributed by atoms with Crippen LogP contribution in [0.5, 0.6) is 5.75 Å². The number of alkyl carbamates (subject to hydrolysis) is 1. The second-order valence-corrected chi connectivity index (χ2v) is 11.8. The first kappa shape index (κ1) is 28.6. The van der Waals surface area contributed by atoms with Gasteiger partial charge in [0.25, 0.3) is 0 Å². The average molecular weight is 563 g/mol. The number of pyridine rings is 1. The highest BCUT2D eigenvalue weighted by atomic mass is 16.6.